The molecule has 0 N–H and O–H groups in total. The Kier molecular flexibility index (Phi) is 25.6. The molecule has 4 aromatic rings. The Bertz CT molecular complexity index is 2920. The number of esters is 4. The first-order valence-corrected chi connectivity index (χ1v) is 30.0. The summed E-state index contributed by atoms with van der Waals surface area (Å²) < 4.78 is 107. The minimum absolute atomic E-state index is 0.0400. The first-order chi connectivity index (χ1) is 42.0. The number of carbonyl (C=O) groups is 8. The SMILES string of the molecule is CC(C)C[C@H]1C(=O)O[C@H](Cc2ccc(Cc3cccnc3C(F)(F)F)cc2)C(=O)N(C)[C@@H](CC(C)C)C(=O)O[C@H](C)C(=O)N(C)[C@@H](CC(C)C)C(=O)O[C@H](Cc2ccc(Cc3cccnc3C(F)(F)F)cc2)C(=O)N(C)[C@@H](CC(C)C)C(=O)O[C@H](C)C(=O)N1C. The maximum Gasteiger partial charge on any atom is 0.433 e. The van der Waals surface area contributed by atoms with Gasteiger partial charge in [0.15, 0.2) is 24.4 Å². The van der Waals surface area contributed by atoms with Crippen LogP contribution in [-0.4, -0.2) is 154 Å². The zero-order valence-electron chi connectivity index (χ0n) is 53.5. The number of halogens is 6. The van der Waals surface area contributed by atoms with Gasteiger partial charge in [-0.05, 0) is 122 Å². The van der Waals surface area contributed by atoms with Crippen molar-refractivity contribution in [2.24, 2.45) is 23.7 Å². The van der Waals surface area contributed by atoms with Crippen LogP contribution >= 0.6 is 0 Å². The summed E-state index contributed by atoms with van der Waals surface area (Å²) in [5.41, 5.74) is -0.606. The number of alkyl halides is 6. The number of pyridine rings is 2. The van der Waals surface area contributed by atoms with Crippen LogP contribution < -0.4 is 0 Å². The monoisotopic (exact) mass is 1270 g/mol. The van der Waals surface area contributed by atoms with E-state index in [0.29, 0.717) is 22.3 Å². The second-order valence-electron chi connectivity index (χ2n) is 24.8. The van der Waals surface area contributed by atoms with Crippen LogP contribution in [0.3, 0.4) is 0 Å². The van der Waals surface area contributed by atoms with E-state index < -0.39 is 120 Å². The van der Waals surface area contributed by atoms with E-state index in [4.69, 9.17) is 18.9 Å². The molecule has 1 aliphatic rings. The fourth-order valence-corrected chi connectivity index (χ4v) is 10.6. The maximum absolute atomic E-state index is 15.0. The Labute approximate surface area is 522 Å². The van der Waals surface area contributed by atoms with Gasteiger partial charge in [0.05, 0.1) is 0 Å². The van der Waals surface area contributed by atoms with Gasteiger partial charge in [-0.1, -0.05) is 116 Å². The number of likely N-dealkylation sites (N-methyl/N-ethyl adjacent to an activating group) is 4. The molecule has 24 heteroatoms. The second-order valence-corrected chi connectivity index (χ2v) is 24.8. The second kappa shape index (κ2) is 31.7. The van der Waals surface area contributed by atoms with Crippen LogP contribution in [-0.2, 0) is 95.3 Å². The molecular weight excluding hydrogens is 1180 g/mol. The highest BCUT2D eigenvalue weighted by atomic mass is 19.4. The molecule has 492 valence electrons. The highest BCUT2D eigenvalue weighted by Gasteiger charge is 2.44. The average molecular weight is 1270 g/mol. The lowest BCUT2D eigenvalue weighted by Gasteiger charge is -2.35. The molecule has 0 saturated carbocycles. The largest absolute Gasteiger partial charge is 0.451 e. The number of carbonyl (C=O) groups excluding carboxylic acids is 8. The summed E-state index contributed by atoms with van der Waals surface area (Å²) in [5.74, 6) is -8.98. The van der Waals surface area contributed by atoms with E-state index in [9.17, 15) is 55.1 Å². The van der Waals surface area contributed by atoms with Crippen molar-refractivity contribution in [2.45, 2.75) is 182 Å². The van der Waals surface area contributed by atoms with E-state index in [2.05, 4.69) is 9.97 Å². The normalized spacial score (nSPS) is 22.3. The lowest BCUT2D eigenvalue weighted by Crippen LogP contribution is -2.55. The molecule has 0 aliphatic carbocycles. The van der Waals surface area contributed by atoms with E-state index >= 15 is 9.59 Å². The van der Waals surface area contributed by atoms with Gasteiger partial charge in [-0.2, -0.15) is 26.3 Å². The fraction of sp³-hybridized carbons (Fsp3) is 0.545. The van der Waals surface area contributed by atoms with E-state index in [0.717, 1.165) is 32.0 Å². The molecule has 3 heterocycles. The Morgan fingerprint density at radius 2 is 0.656 bits per heavy atom. The van der Waals surface area contributed by atoms with Gasteiger partial charge in [0.25, 0.3) is 23.6 Å². The minimum Gasteiger partial charge on any atom is -0.451 e. The molecule has 1 saturated heterocycles. The molecule has 0 unspecified atom stereocenters. The van der Waals surface area contributed by atoms with Crippen LogP contribution in [0.2, 0.25) is 0 Å². The molecule has 18 nitrogen and oxygen atoms in total. The van der Waals surface area contributed by atoms with Crippen LogP contribution in [0.25, 0.3) is 0 Å². The number of rotatable bonds is 16. The van der Waals surface area contributed by atoms with Crippen LogP contribution in [0, 0.1) is 23.7 Å². The third-order valence-corrected chi connectivity index (χ3v) is 15.5. The predicted molar refractivity (Wildman–Crippen MR) is 319 cm³/mol. The van der Waals surface area contributed by atoms with E-state index in [1.54, 1.807) is 104 Å². The lowest BCUT2D eigenvalue weighted by molar-refractivity contribution is -0.176. The van der Waals surface area contributed by atoms with E-state index in [1.807, 2.05) is 0 Å². The predicted octanol–water partition coefficient (Wildman–Crippen LogP) is 9.67. The summed E-state index contributed by atoms with van der Waals surface area (Å²) in [7, 11) is 5.14. The van der Waals surface area contributed by atoms with E-state index in [-0.39, 0.29) is 86.2 Å². The summed E-state index contributed by atoms with van der Waals surface area (Å²) in [4.78, 5) is 129. The number of amides is 4. The van der Waals surface area contributed by atoms with Crippen LogP contribution in [0.5, 0.6) is 0 Å². The number of ether oxygens (including phenoxy) is 4. The quantitative estimate of drug-likeness (QED) is 0.0581. The Morgan fingerprint density at radius 1 is 0.400 bits per heavy atom. The van der Waals surface area contributed by atoms with Crippen molar-refractivity contribution in [1.29, 1.82) is 0 Å². The van der Waals surface area contributed by atoms with Gasteiger partial charge in [-0.25, -0.2) is 19.2 Å². The van der Waals surface area contributed by atoms with Crippen molar-refractivity contribution < 1.29 is 83.6 Å². The Balaban J connectivity index is 1.60. The van der Waals surface area contributed by atoms with Crippen molar-refractivity contribution in [2.75, 3.05) is 28.2 Å². The first-order valence-electron chi connectivity index (χ1n) is 30.0. The number of hydrogen-bond donors (Lipinski definition) is 0. The van der Waals surface area contributed by atoms with Crippen LogP contribution in [0.4, 0.5) is 26.3 Å². The Hall–Kier alpha value is -7.92. The van der Waals surface area contributed by atoms with Crippen molar-refractivity contribution >= 4 is 47.5 Å². The number of nitrogens with zero attached hydrogens (tertiary/aromatic N) is 6. The minimum atomic E-state index is -4.72. The molecule has 0 radical (unpaired) electrons. The van der Waals surface area contributed by atoms with Crippen LogP contribution in [0.15, 0.2) is 85.2 Å². The summed E-state index contributed by atoms with van der Waals surface area (Å²) in [5, 5.41) is 0. The molecule has 4 amide bonds. The van der Waals surface area contributed by atoms with E-state index in [1.165, 1.54) is 66.3 Å². The molecule has 2 aromatic carbocycles. The average Bonchev–Trinajstić information content (AvgIpc) is 1.20. The zero-order chi connectivity index (χ0) is 67.3. The summed E-state index contributed by atoms with van der Waals surface area (Å²) in [6.45, 7) is 16.7. The Morgan fingerprint density at radius 3 is 0.922 bits per heavy atom. The number of hydrogen-bond acceptors (Lipinski definition) is 14. The standard InChI is InChI=1S/C66H84F6N6O12/c1-37(2)29-49-61(83)87-41(9)57(79)75(11)52(32-40(7)8)64(86)90-54(36-46-25-21-44(22-26-46)34-48-18-16-28-74-56(48)66(70,71)72)60(82)78(14)50(30-38(3)4)62(84)88-42(10)58(80)76(12)51(31-39(5)6)63(85)89-53(59(81)77(49)13)35-45-23-19-43(20-24-45)33-47-17-15-27-73-55(47)65(67,68)69/h15-28,37-42,49-54H,29-36H2,1-14H3/t41-,42-,49+,50+,51+,52+,53-,54-/m1/s1. The molecule has 2 aromatic heterocycles. The number of aromatic nitrogens is 2. The first kappa shape index (κ1) is 72.8. The summed E-state index contributed by atoms with van der Waals surface area (Å²) in [6.07, 6.45) is -15.2. The van der Waals surface area contributed by atoms with Crippen molar-refractivity contribution in [3.8, 4) is 0 Å². The molecular formula is C66H84F6N6O12. The van der Waals surface area contributed by atoms with Gasteiger partial charge in [0.2, 0.25) is 0 Å². The smallest absolute Gasteiger partial charge is 0.433 e. The molecule has 5 rings (SSSR count). The van der Waals surface area contributed by atoms with Gasteiger partial charge in [-0.15, -0.1) is 0 Å². The number of benzene rings is 2. The van der Waals surface area contributed by atoms with Gasteiger partial charge >= 0.3 is 36.2 Å². The third kappa shape index (κ3) is 20.0. The summed E-state index contributed by atoms with van der Waals surface area (Å²) >= 11 is 0. The lowest BCUT2D eigenvalue weighted by atomic mass is 9.98. The maximum atomic E-state index is 15.0. The van der Waals surface area contributed by atoms with Gasteiger partial charge in [-0.3, -0.25) is 29.1 Å². The van der Waals surface area contributed by atoms with Gasteiger partial charge in [0, 0.05) is 53.4 Å². The molecule has 90 heavy (non-hydrogen) atoms. The molecule has 1 fully saturated rings. The van der Waals surface area contributed by atoms with Crippen molar-refractivity contribution in [3.05, 3.63) is 130 Å². The fourth-order valence-electron chi connectivity index (χ4n) is 10.6. The molecule has 0 bridgehead atoms. The molecule has 1 aliphatic heterocycles. The zero-order valence-corrected chi connectivity index (χ0v) is 53.5. The molecule has 8 atom stereocenters. The molecule has 0 spiro atoms. The van der Waals surface area contributed by atoms with Gasteiger partial charge < -0.3 is 38.5 Å². The van der Waals surface area contributed by atoms with Crippen LogP contribution in [0.1, 0.15) is 140 Å². The van der Waals surface area contributed by atoms with Crippen molar-refractivity contribution in [3.63, 3.8) is 0 Å². The van der Waals surface area contributed by atoms with Gasteiger partial charge in [0.1, 0.15) is 35.6 Å². The highest BCUT2D eigenvalue weighted by Crippen LogP contribution is 2.33. The topological polar surface area (TPSA) is 212 Å². The summed E-state index contributed by atoms with van der Waals surface area (Å²) in [6, 6.07) is 12.0. The number of cyclic esters (lactones) is 4. The highest BCUT2D eigenvalue weighted by molar-refractivity contribution is 5.94. The third-order valence-electron chi connectivity index (χ3n) is 15.5. The van der Waals surface area contributed by atoms with Crippen molar-refractivity contribution in [1.82, 2.24) is 29.6 Å².